The van der Waals surface area contributed by atoms with Gasteiger partial charge in [0.05, 0.1) is 10.6 Å². The molecule has 0 fully saturated rings. The molecule has 3 aromatic carbocycles. The van der Waals surface area contributed by atoms with Crippen LogP contribution in [-0.4, -0.2) is 20.9 Å². The Hall–Kier alpha value is -2.16. The highest BCUT2D eigenvalue weighted by Crippen LogP contribution is 2.26. The first-order valence-corrected chi connectivity index (χ1v) is 11.8. The van der Waals surface area contributed by atoms with Gasteiger partial charge in [-0.25, -0.2) is 8.42 Å². The van der Waals surface area contributed by atoms with Gasteiger partial charge < -0.3 is 5.32 Å². The summed E-state index contributed by atoms with van der Waals surface area (Å²) in [6.45, 7) is 2.03. The van der Waals surface area contributed by atoms with Crippen molar-refractivity contribution in [2.45, 2.75) is 11.8 Å². The standard InChI is InChI=1S/C21H18Br2N2O3S/c1-2-25(19-12-8-17(23)9-13-19)29(27,28)20-5-3-4-15(14-20)21(26)24-18-10-6-16(22)7-11-18/h3-14H,2H2,1H3,(H,24,26). The summed E-state index contributed by atoms with van der Waals surface area (Å²) in [5.41, 5.74) is 1.44. The van der Waals surface area contributed by atoms with Crippen molar-refractivity contribution in [1.82, 2.24) is 0 Å². The van der Waals surface area contributed by atoms with Gasteiger partial charge in [-0.3, -0.25) is 9.10 Å². The molecule has 0 aromatic heterocycles. The SMILES string of the molecule is CCN(c1ccc(Br)cc1)S(=O)(=O)c1cccc(C(=O)Nc2ccc(Br)cc2)c1. The number of benzene rings is 3. The molecule has 3 rings (SSSR count). The number of rotatable bonds is 6. The summed E-state index contributed by atoms with van der Waals surface area (Å²) < 4.78 is 29.5. The fourth-order valence-electron chi connectivity index (χ4n) is 2.76. The number of hydrogen-bond acceptors (Lipinski definition) is 3. The van der Waals surface area contributed by atoms with E-state index in [1.807, 2.05) is 12.1 Å². The van der Waals surface area contributed by atoms with E-state index in [1.54, 1.807) is 55.5 Å². The van der Waals surface area contributed by atoms with Crippen molar-refractivity contribution in [3.05, 3.63) is 87.3 Å². The first kappa shape index (κ1) is 21.5. The molecule has 3 aromatic rings. The molecule has 0 atom stereocenters. The molecular formula is C21H18Br2N2O3S. The maximum atomic E-state index is 13.2. The third kappa shape index (κ3) is 5.07. The van der Waals surface area contributed by atoms with Gasteiger partial charge in [-0.15, -0.1) is 0 Å². The summed E-state index contributed by atoms with van der Waals surface area (Å²) in [7, 11) is -3.82. The van der Waals surface area contributed by atoms with Crippen molar-refractivity contribution in [1.29, 1.82) is 0 Å². The van der Waals surface area contributed by atoms with Crippen LogP contribution in [0, 0.1) is 0 Å². The van der Waals surface area contributed by atoms with Gasteiger partial charge in [0.1, 0.15) is 0 Å². The normalized spacial score (nSPS) is 11.1. The quantitative estimate of drug-likeness (QED) is 0.440. The smallest absolute Gasteiger partial charge is 0.264 e. The zero-order valence-corrected chi connectivity index (χ0v) is 19.5. The number of carbonyl (C=O) groups is 1. The molecule has 0 unspecified atom stereocenters. The Labute approximate surface area is 187 Å². The zero-order valence-electron chi connectivity index (χ0n) is 15.5. The molecule has 0 aliphatic heterocycles. The van der Waals surface area contributed by atoms with Gasteiger partial charge in [0.2, 0.25) is 0 Å². The highest BCUT2D eigenvalue weighted by molar-refractivity contribution is 9.10. The van der Waals surface area contributed by atoms with Crippen LogP contribution in [0.25, 0.3) is 0 Å². The van der Waals surface area contributed by atoms with Crippen molar-refractivity contribution >= 4 is 59.2 Å². The van der Waals surface area contributed by atoms with E-state index in [0.717, 1.165) is 8.95 Å². The molecule has 29 heavy (non-hydrogen) atoms. The Balaban J connectivity index is 1.89. The second-order valence-corrected chi connectivity index (χ2v) is 9.83. The van der Waals surface area contributed by atoms with Crippen molar-refractivity contribution in [3.8, 4) is 0 Å². The van der Waals surface area contributed by atoms with Gasteiger partial charge in [-0.05, 0) is 73.7 Å². The molecule has 0 aliphatic rings. The van der Waals surface area contributed by atoms with Crippen LogP contribution in [-0.2, 0) is 10.0 Å². The monoisotopic (exact) mass is 536 g/mol. The number of anilines is 2. The van der Waals surface area contributed by atoms with E-state index in [1.165, 1.54) is 16.4 Å². The van der Waals surface area contributed by atoms with Gasteiger partial charge in [-0.1, -0.05) is 37.9 Å². The van der Waals surface area contributed by atoms with Crippen LogP contribution in [0.3, 0.4) is 0 Å². The molecule has 8 heteroatoms. The first-order chi connectivity index (χ1) is 13.8. The van der Waals surface area contributed by atoms with Crippen LogP contribution in [0.5, 0.6) is 0 Å². The average Bonchev–Trinajstić information content (AvgIpc) is 2.71. The van der Waals surface area contributed by atoms with Crippen molar-refractivity contribution in [3.63, 3.8) is 0 Å². The van der Waals surface area contributed by atoms with Crippen LogP contribution in [0.2, 0.25) is 0 Å². The molecule has 0 saturated heterocycles. The molecule has 1 N–H and O–H groups in total. The zero-order chi connectivity index (χ0) is 21.0. The lowest BCUT2D eigenvalue weighted by molar-refractivity contribution is 0.102. The maximum Gasteiger partial charge on any atom is 0.264 e. The lowest BCUT2D eigenvalue weighted by Crippen LogP contribution is -2.31. The van der Waals surface area contributed by atoms with Gasteiger partial charge in [0.15, 0.2) is 0 Å². The minimum Gasteiger partial charge on any atom is -0.322 e. The van der Waals surface area contributed by atoms with Gasteiger partial charge >= 0.3 is 0 Å². The minimum atomic E-state index is -3.82. The van der Waals surface area contributed by atoms with Crippen LogP contribution < -0.4 is 9.62 Å². The molecule has 0 heterocycles. The predicted octanol–water partition coefficient (Wildman–Crippen LogP) is 5.68. The Morgan fingerprint density at radius 2 is 1.52 bits per heavy atom. The molecule has 150 valence electrons. The number of sulfonamides is 1. The van der Waals surface area contributed by atoms with E-state index >= 15 is 0 Å². The molecule has 0 aliphatic carbocycles. The van der Waals surface area contributed by atoms with Gasteiger partial charge in [0.25, 0.3) is 15.9 Å². The van der Waals surface area contributed by atoms with E-state index in [9.17, 15) is 13.2 Å². The van der Waals surface area contributed by atoms with Crippen molar-refractivity contribution in [2.75, 3.05) is 16.2 Å². The van der Waals surface area contributed by atoms with E-state index in [0.29, 0.717) is 11.4 Å². The second kappa shape index (κ2) is 9.11. The molecule has 5 nitrogen and oxygen atoms in total. The second-order valence-electron chi connectivity index (χ2n) is 6.14. The Morgan fingerprint density at radius 3 is 2.10 bits per heavy atom. The highest BCUT2D eigenvalue weighted by atomic mass is 79.9. The largest absolute Gasteiger partial charge is 0.322 e. The average molecular weight is 538 g/mol. The summed E-state index contributed by atoms with van der Waals surface area (Å²) in [5.74, 6) is -0.379. The highest BCUT2D eigenvalue weighted by Gasteiger charge is 2.24. The summed E-state index contributed by atoms with van der Waals surface area (Å²) in [6.07, 6.45) is 0. The fourth-order valence-corrected chi connectivity index (χ4v) is 4.81. The topological polar surface area (TPSA) is 66.5 Å². The predicted molar refractivity (Wildman–Crippen MR) is 123 cm³/mol. The van der Waals surface area contributed by atoms with Crippen molar-refractivity contribution < 1.29 is 13.2 Å². The van der Waals surface area contributed by atoms with Crippen LogP contribution >= 0.6 is 31.9 Å². The Morgan fingerprint density at radius 1 is 0.931 bits per heavy atom. The third-order valence-electron chi connectivity index (χ3n) is 4.19. The molecule has 0 radical (unpaired) electrons. The van der Waals surface area contributed by atoms with Gasteiger partial charge in [0, 0.05) is 26.7 Å². The number of nitrogens with zero attached hydrogens (tertiary/aromatic N) is 1. The molecular weight excluding hydrogens is 520 g/mol. The number of hydrogen-bond donors (Lipinski definition) is 1. The number of carbonyl (C=O) groups excluding carboxylic acids is 1. The van der Waals surface area contributed by atoms with Crippen LogP contribution in [0.1, 0.15) is 17.3 Å². The number of halogens is 2. The summed E-state index contributed by atoms with van der Waals surface area (Å²) in [5, 5.41) is 2.77. The summed E-state index contributed by atoms with van der Waals surface area (Å²) >= 11 is 6.70. The number of amides is 1. The number of nitrogens with one attached hydrogen (secondary N) is 1. The van der Waals surface area contributed by atoms with E-state index < -0.39 is 10.0 Å². The fraction of sp³-hybridized carbons (Fsp3) is 0.0952. The van der Waals surface area contributed by atoms with E-state index in [4.69, 9.17) is 0 Å². The molecule has 0 bridgehead atoms. The summed E-state index contributed by atoms with van der Waals surface area (Å²) in [6, 6.07) is 20.2. The molecule has 1 amide bonds. The van der Waals surface area contributed by atoms with Gasteiger partial charge in [-0.2, -0.15) is 0 Å². The third-order valence-corrected chi connectivity index (χ3v) is 7.14. The van der Waals surface area contributed by atoms with Crippen LogP contribution in [0.4, 0.5) is 11.4 Å². The van der Waals surface area contributed by atoms with E-state index in [2.05, 4.69) is 37.2 Å². The van der Waals surface area contributed by atoms with Crippen molar-refractivity contribution in [2.24, 2.45) is 0 Å². The van der Waals surface area contributed by atoms with E-state index in [-0.39, 0.29) is 22.9 Å². The molecule has 0 saturated carbocycles. The molecule has 0 spiro atoms. The minimum absolute atomic E-state index is 0.0609. The first-order valence-electron chi connectivity index (χ1n) is 8.76. The maximum absolute atomic E-state index is 13.2. The Bertz CT molecular complexity index is 1120. The summed E-state index contributed by atoms with van der Waals surface area (Å²) in [4.78, 5) is 12.6. The lowest BCUT2D eigenvalue weighted by Gasteiger charge is -2.23. The Kier molecular flexibility index (Phi) is 6.77. The van der Waals surface area contributed by atoms with Crippen LogP contribution in [0.15, 0.2) is 86.6 Å². The lowest BCUT2D eigenvalue weighted by atomic mass is 10.2.